The van der Waals surface area contributed by atoms with Gasteiger partial charge < -0.3 is 4.42 Å². The molecule has 0 amide bonds. The molecule has 16 heavy (non-hydrogen) atoms. The van der Waals surface area contributed by atoms with Crippen LogP contribution in [0.25, 0.3) is 18.3 Å². The Morgan fingerprint density at radius 3 is 2.44 bits per heavy atom. The van der Waals surface area contributed by atoms with E-state index in [9.17, 15) is 4.79 Å². The lowest BCUT2D eigenvalue weighted by atomic mass is 10.2. The maximum Gasteiger partial charge on any atom is 0.424 e. The van der Waals surface area contributed by atoms with Crippen molar-refractivity contribution in [1.82, 2.24) is 4.57 Å². The van der Waals surface area contributed by atoms with Crippen LogP contribution in [-0.4, -0.2) is 4.57 Å². The highest BCUT2D eigenvalue weighted by Gasteiger charge is 2.05. The Kier molecular flexibility index (Phi) is 2.52. The van der Waals surface area contributed by atoms with Gasteiger partial charge in [-0.3, -0.25) is 0 Å². The monoisotopic (exact) mass is 215 g/mol. The Morgan fingerprint density at radius 1 is 1.31 bits per heavy atom. The fraction of sp³-hybridized carbons (Fsp3) is 0.154. The van der Waals surface area contributed by atoms with Gasteiger partial charge in [0, 0.05) is 0 Å². The average molecular weight is 215 g/mol. The molecule has 0 radical (unpaired) electrons. The van der Waals surface area contributed by atoms with E-state index >= 15 is 0 Å². The zero-order chi connectivity index (χ0) is 11.7. The van der Waals surface area contributed by atoms with Crippen LogP contribution in [0.4, 0.5) is 0 Å². The lowest BCUT2D eigenvalue weighted by molar-refractivity contribution is 0.477. The Bertz CT molecular complexity index is 659. The first-order valence-corrected chi connectivity index (χ1v) is 5.07. The predicted octanol–water partition coefficient (Wildman–Crippen LogP) is 0.950. The largest absolute Gasteiger partial charge is 0.424 e. The van der Waals surface area contributed by atoms with Gasteiger partial charge in [0.2, 0.25) is 0 Å². The molecular weight excluding hydrogens is 202 g/mol. The van der Waals surface area contributed by atoms with E-state index in [1.54, 1.807) is 6.08 Å². The van der Waals surface area contributed by atoms with Crippen molar-refractivity contribution in [2.45, 2.75) is 13.8 Å². The van der Waals surface area contributed by atoms with Crippen molar-refractivity contribution in [3.05, 3.63) is 51.1 Å². The molecule has 0 spiro atoms. The van der Waals surface area contributed by atoms with Gasteiger partial charge >= 0.3 is 5.76 Å². The lowest BCUT2D eigenvalue weighted by Crippen LogP contribution is -2.29. The standard InChI is InChI=1S/C13H13NO2/c1-4-12-10(3)14(13(15)16-12)11-7-5-9(2)6-8-11/h4-8H,3H2,1-2H3/b12-4-. The highest BCUT2D eigenvalue weighted by Crippen LogP contribution is 2.04. The van der Waals surface area contributed by atoms with Crippen LogP contribution in [0.1, 0.15) is 12.5 Å². The fourth-order valence-electron chi connectivity index (χ4n) is 1.60. The Hall–Kier alpha value is -2.03. The van der Waals surface area contributed by atoms with E-state index in [0.29, 0.717) is 10.8 Å². The van der Waals surface area contributed by atoms with Crippen LogP contribution >= 0.6 is 0 Å². The summed E-state index contributed by atoms with van der Waals surface area (Å²) < 4.78 is 6.54. The minimum absolute atomic E-state index is 0.401. The van der Waals surface area contributed by atoms with Crippen LogP contribution in [0.5, 0.6) is 0 Å². The first kappa shape index (κ1) is 10.5. The molecule has 3 nitrogen and oxygen atoms in total. The van der Waals surface area contributed by atoms with E-state index in [1.807, 2.05) is 38.1 Å². The number of aryl methyl sites for hydroxylation is 1. The number of rotatable bonds is 1. The Balaban J connectivity index is 2.75. The second-order valence-corrected chi connectivity index (χ2v) is 3.64. The van der Waals surface area contributed by atoms with Crippen molar-refractivity contribution in [3.63, 3.8) is 0 Å². The summed E-state index contributed by atoms with van der Waals surface area (Å²) in [6, 6.07) is 7.65. The first-order valence-electron chi connectivity index (χ1n) is 5.07. The van der Waals surface area contributed by atoms with E-state index in [4.69, 9.17) is 4.42 Å². The van der Waals surface area contributed by atoms with Crippen molar-refractivity contribution < 1.29 is 4.42 Å². The third-order valence-electron chi connectivity index (χ3n) is 2.49. The zero-order valence-electron chi connectivity index (χ0n) is 9.36. The maximum absolute atomic E-state index is 11.6. The maximum atomic E-state index is 11.6. The van der Waals surface area contributed by atoms with E-state index < -0.39 is 5.76 Å². The molecule has 82 valence electrons. The normalized spacial score (nSPS) is 12.0. The van der Waals surface area contributed by atoms with Gasteiger partial charge in [-0.15, -0.1) is 0 Å². The molecule has 1 heterocycles. The number of oxazole rings is 1. The molecule has 0 aliphatic carbocycles. The van der Waals surface area contributed by atoms with Crippen LogP contribution in [-0.2, 0) is 0 Å². The smallest absolute Gasteiger partial charge is 0.408 e. The van der Waals surface area contributed by atoms with Crippen molar-refractivity contribution in [1.29, 1.82) is 0 Å². The van der Waals surface area contributed by atoms with Crippen molar-refractivity contribution in [2.75, 3.05) is 0 Å². The molecule has 0 N–H and O–H groups in total. The van der Waals surface area contributed by atoms with E-state index in [1.165, 1.54) is 4.57 Å². The molecule has 0 saturated carbocycles. The topological polar surface area (TPSA) is 35.1 Å². The van der Waals surface area contributed by atoms with Gasteiger partial charge in [0.05, 0.1) is 11.0 Å². The summed E-state index contributed by atoms with van der Waals surface area (Å²) in [6.45, 7) is 7.66. The van der Waals surface area contributed by atoms with Gasteiger partial charge in [0.15, 0.2) is 5.42 Å². The van der Waals surface area contributed by atoms with Crippen molar-refractivity contribution >= 4 is 12.7 Å². The van der Waals surface area contributed by atoms with Crippen LogP contribution in [0, 0.1) is 6.92 Å². The van der Waals surface area contributed by atoms with Gasteiger partial charge in [-0.1, -0.05) is 24.3 Å². The molecule has 0 saturated heterocycles. The second kappa shape index (κ2) is 3.85. The SMILES string of the molecule is C=c1/c(=C/C)oc(=O)n1-c1ccc(C)cc1. The number of hydrogen-bond donors (Lipinski definition) is 0. The molecule has 2 aromatic rings. The molecule has 0 atom stereocenters. The molecule has 1 aromatic heterocycles. The van der Waals surface area contributed by atoms with Crippen LogP contribution in [0.3, 0.4) is 0 Å². The fourth-order valence-corrected chi connectivity index (χ4v) is 1.60. The molecular formula is C13H13NO2. The molecule has 2 rings (SSSR count). The molecule has 0 bridgehead atoms. The minimum atomic E-state index is -0.401. The third kappa shape index (κ3) is 1.60. The van der Waals surface area contributed by atoms with Gasteiger partial charge in [-0.05, 0) is 32.1 Å². The highest BCUT2D eigenvalue weighted by atomic mass is 16.4. The highest BCUT2D eigenvalue weighted by molar-refractivity contribution is 5.35. The quantitative estimate of drug-likeness (QED) is 0.710. The molecule has 0 fully saturated rings. The summed E-state index contributed by atoms with van der Waals surface area (Å²) in [6.07, 6.45) is 1.73. The Morgan fingerprint density at radius 2 is 1.94 bits per heavy atom. The van der Waals surface area contributed by atoms with Gasteiger partial charge in [-0.25, -0.2) is 9.36 Å². The first-order chi connectivity index (χ1) is 7.63. The Labute approximate surface area is 93.0 Å². The van der Waals surface area contributed by atoms with Gasteiger partial charge in [0.25, 0.3) is 0 Å². The lowest BCUT2D eigenvalue weighted by Gasteiger charge is -2.00. The average Bonchev–Trinajstić information content (AvgIpc) is 2.56. The number of hydrogen-bond acceptors (Lipinski definition) is 2. The second-order valence-electron chi connectivity index (χ2n) is 3.64. The van der Waals surface area contributed by atoms with Gasteiger partial charge in [0.1, 0.15) is 0 Å². The van der Waals surface area contributed by atoms with E-state index in [-0.39, 0.29) is 0 Å². The zero-order valence-corrected chi connectivity index (χ0v) is 9.36. The summed E-state index contributed by atoms with van der Waals surface area (Å²) in [5, 5.41) is 0.580. The number of aromatic nitrogens is 1. The summed E-state index contributed by atoms with van der Waals surface area (Å²) in [5.74, 6) is -0.401. The summed E-state index contributed by atoms with van der Waals surface area (Å²) in [7, 11) is 0. The summed E-state index contributed by atoms with van der Waals surface area (Å²) >= 11 is 0. The van der Waals surface area contributed by atoms with Crippen LogP contribution < -0.4 is 16.5 Å². The van der Waals surface area contributed by atoms with Crippen molar-refractivity contribution in [2.24, 2.45) is 0 Å². The van der Waals surface area contributed by atoms with Gasteiger partial charge in [-0.2, -0.15) is 0 Å². The minimum Gasteiger partial charge on any atom is -0.408 e. The summed E-state index contributed by atoms with van der Waals surface area (Å²) in [4.78, 5) is 11.6. The molecule has 3 heteroatoms. The molecule has 0 aliphatic rings. The molecule has 0 aliphatic heterocycles. The number of nitrogens with zero attached hydrogens (tertiary/aromatic N) is 1. The van der Waals surface area contributed by atoms with E-state index in [2.05, 4.69) is 6.58 Å². The predicted molar refractivity (Wildman–Crippen MR) is 64.0 cm³/mol. The van der Waals surface area contributed by atoms with Crippen molar-refractivity contribution in [3.8, 4) is 5.69 Å². The van der Waals surface area contributed by atoms with Crippen LogP contribution in [0.2, 0.25) is 0 Å². The number of benzene rings is 1. The molecule has 1 aromatic carbocycles. The van der Waals surface area contributed by atoms with E-state index in [0.717, 1.165) is 11.3 Å². The van der Waals surface area contributed by atoms with Crippen LogP contribution in [0.15, 0.2) is 33.5 Å². The third-order valence-corrected chi connectivity index (χ3v) is 2.49. The summed E-state index contributed by atoms with van der Waals surface area (Å²) in [5.41, 5.74) is 2.44. The molecule has 0 unspecified atom stereocenters.